The van der Waals surface area contributed by atoms with Crippen molar-refractivity contribution in [2.75, 3.05) is 39.6 Å². The number of carbonyl (C=O) groups is 4. The van der Waals surface area contributed by atoms with Crippen LogP contribution in [-0.2, 0) is 65.4 Å². The number of rotatable bonds is 71. The zero-order valence-electron chi connectivity index (χ0n) is 63.2. The van der Waals surface area contributed by atoms with Crippen molar-refractivity contribution in [1.82, 2.24) is 0 Å². The van der Waals surface area contributed by atoms with Crippen molar-refractivity contribution in [1.29, 1.82) is 0 Å². The smallest absolute Gasteiger partial charge is 0.462 e. The maximum atomic E-state index is 13.1. The Morgan fingerprint density at radius 3 is 0.892 bits per heavy atom. The van der Waals surface area contributed by atoms with Gasteiger partial charge in [0.05, 0.1) is 26.4 Å². The van der Waals surface area contributed by atoms with E-state index in [4.69, 9.17) is 37.0 Å². The number of aliphatic hydroxyl groups excluding tert-OH is 1. The van der Waals surface area contributed by atoms with E-state index >= 15 is 0 Å². The molecule has 0 saturated carbocycles. The maximum absolute atomic E-state index is 13.1. The molecule has 0 aromatic rings. The molecule has 0 aliphatic rings. The second kappa shape index (κ2) is 74.0. The van der Waals surface area contributed by atoms with Gasteiger partial charge in [0.15, 0.2) is 12.2 Å². The van der Waals surface area contributed by atoms with E-state index in [1.807, 2.05) is 18.2 Å². The van der Waals surface area contributed by atoms with Gasteiger partial charge in [0.2, 0.25) is 0 Å². The molecule has 0 radical (unpaired) electrons. The van der Waals surface area contributed by atoms with E-state index in [0.29, 0.717) is 32.1 Å². The minimum absolute atomic E-state index is 0.0301. The minimum atomic E-state index is -5.00. The molecule has 0 amide bonds. The van der Waals surface area contributed by atoms with E-state index < -0.39 is 97.5 Å². The van der Waals surface area contributed by atoms with Crippen molar-refractivity contribution in [3.05, 3.63) is 158 Å². The summed E-state index contributed by atoms with van der Waals surface area (Å²) in [6, 6.07) is 0. The Hall–Kier alpha value is -5.32. The van der Waals surface area contributed by atoms with Crippen LogP contribution in [0.25, 0.3) is 0 Å². The molecular weight excluding hydrogens is 1330 g/mol. The van der Waals surface area contributed by atoms with E-state index in [9.17, 15) is 43.2 Å². The SMILES string of the molecule is CC/C=C\C/C=C\C/C=C\C/C=C\C/C=C\C/C=C\CCC(=O)OCC(COP(=O)(O)OCC(O)COP(=O)(O)OCC(COC(=O)CCCCCCCC/C=C\C/C=C\C/C=C\C/C=C\CC)OC(=O)CCCCCCC/C=C\C/C=C\CCC)OC(=O)CCCCCCC/C=C\CCCC. The number of hydrogen-bond donors (Lipinski definition) is 3. The van der Waals surface area contributed by atoms with Gasteiger partial charge in [-0.15, -0.1) is 0 Å². The third-order valence-corrected chi connectivity index (χ3v) is 17.4. The maximum Gasteiger partial charge on any atom is 0.472 e. The van der Waals surface area contributed by atoms with Crippen LogP contribution in [0.4, 0.5) is 0 Å². The molecule has 5 atom stereocenters. The Balaban J connectivity index is 5.39. The van der Waals surface area contributed by atoms with Crippen LogP contribution in [0.3, 0.4) is 0 Å². The zero-order chi connectivity index (χ0) is 74.6. The Morgan fingerprint density at radius 2 is 0.549 bits per heavy atom. The molecule has 580 valence electrons. The Labute approximate surface area is 617 Å². The van der Waals surface area contributed by atoms with Gasteiger partial charge in [0.25, 0.3) is 0 Å². The monoisotopic (exact) mass is 1470 g/mol. The quantitative estimate of drug-likeness (QED) is 0.0169. The number of phosphoric acid groups is 2. The highest BCUT2D eigenvalue weighted by atomic mass is 31.2. The van der Waals surface area contributed by atoms with Crippen LogP contribution >= 0.6 is 15.6 Å². The summed E-state index contributed by atoms with van der Waals surface area (Å²) < 4.78 is 68.4. The summed E-state index contributed by atoms with van der Waals surface area (Å²) in [5, 5.41) is 10.6. The molecule has 0 fully saturated rings. The van der Waals surface area contributed by atoms with Gasteiger partial charge in [0.1, 0.15) is 19.3 Å². The molecule has 3 N–H and O–H groups in total. The van der Waals surface area contributed by atoms with E-state index in [0.717, 1.165) is 193 Å². The lowest BCUT2D eigenvalue weighted by Gasteiger charge is -2.21. The molecule has 0 aromatic carbocycles. The Kier molecular flexibility index (Phi) is 70.1. The van der Waals surface area contributed by atoms with Gasteiger partial charge in [-0.2, -0.15) is 0 Å². The largest absolute Gasteiger partial charge is 0.472 e. The number of esters is 4. The minimum Gasteiger partial charge on any atom is -0.462 e. The fraction of sp³-hybridized carbons (Fsp3) is 0.639. The summed E-state index contributed by atoms with van der Waals surface area (Å²) in [4.78, 5) is 72.8. The summed E-state index contributed by atoms with van der Waals surface area (Å²) in [5.74, 6) is -2.32. The highest BCUT2D eigenvalue weighted by molar-refractivity contribution is 7.47. The molecular formula is C83H136O17P2. The van der Waals surface area contributed by atoms with E-state index in [1.54, 1.807) is 0 Å². The average Bonchev–Trinajstić information content (AvgIpc) is 0.928. The number of ether oxygens (including phenoxy) is 4. The molecule has 0 heterocycles. The van der Waals surface area contributed by atoms with Crippen molar-refractivity contribution in [3.63, 3.8) is 0 Å². The fourth-order valence-electron chi connectivity index (χ4n) is 9.61. The molecule has 0 rings (SSSR count). The van der Waals surface area contributed by atoms with Crippen molar-refractivity contribution in [2.45, 2.75) is 303 Å². The summed E-state index contributed by atoms with van der Waals surface area (Å²) >= 11 is 0. The number of unbranched alkanes of at least 4 members (excludes halogenated alkanes) is 19. The average molecular weight is 1470 g/mol. The zero-order valence-corrected chi connectivity index (χ0v) is 65.0. The predicted molar refractivity (Wildman–Crippen MR) is 417 cm³/mol. The van der Waals surface area contributed by atoms with E-state index in [1.165, 1.54) is 6.42 Å². The molecule has 17 nitrogen and oxygen atoms in total. The molecule has 102 heavy (non-hydrogen) atoms. The Bertz CT molecular complexity index is 2550. The van der Waals surface area contributed by atoms with Gasteiger partial charge < -0.3 is 33.8 Å². The van der Waals surface area contributed by atoms with Gasteiger partial charge in [-0.1, -0.05) is 269 Å². The number of aliphatic hydroxyl groups is 1. The van der Waals surface area contributed by atoms with Crippen LogP contribution in [-0.4, -0.2) is 96.7 Å². The lowest BCUT2D eigenvalue weighted by molar-refractivity contribution is -0.161. The summed E-state index contributed by atoms with van der Waals surface area (Å²) in [6.07, 6.45) is 85.4. The highest BCUT2D eigenvalue weighted by Crippen LogP contribution is 2.45. The van der Waals surface area contributed by atoms with Gasteiger partial charge in [-0.3, -0.25) is 37.3 Å². The van der Waals surface area contributed by atoms with Gasteiger partial charge in [0, 0.05) is 25.7 Å². The first kappa shape index (κ1) is 96.7. The molecule has 19 heteroatoms. The van der Waals surface area contributed by atoms with Gasteiger partial charge in [-0.25, -0.2) is 9.13 Å². The lowest BCUT2D eigenvalue weighted by atomic mass is 10.1. The van der Waals surface area contributed by atoms with Crippen LogP contribution in [0.2, 0.25) is 0 Å². The van der Waals surface area contributed by atoms with E-state index in [2.05, 4.69) is 167 Å². The lowest BCUT2D eigenvalue weighted by Crippen LogP contribution is -2.30. The topological polar surface area (TPSA) is 237 Å². The van der Waals surface area contributed by atoms with Crippen molar-refractivity contribution < 1.29 is 80.2 Å². The van der Waals surface area contributed by atoms with Crippen LogP contribution < -0.4 is 0 Å². The van der Waals surface area contributed by atoms with Gasteiger partial charge >= 0.3 is 39.5 Å². The molecule has 0 spiro atoms. The summed E-state index contributed by atoms with van der Waals surface area (Å²) in [6.45, 7) is 4.39. The standard InChI is InChI=1S/C83H136O17P2/c1-5-9-13-17-21-25-29-32-34-36-38-40-42-45-48-51-55-59-63-67-80(85)93-73-78(99-82(87)69-65-61-57-53-47-28-24-20-16-12-8-4)75-97-101(89,90)95-71-77(84)72-96-102(91,92)98-76-79(100-83(88)70-66-62-58-54-50-44-31-27-23-19-15-11-7-3)74-94-81(86)68-64-60-56-52-49-46-43-41-39-37-35-33-30-26-22-18-14-10-6-2/h9-10,13-15,19-22,24-27,31-35,38-41,45,48,55,59,77-79,84H,5-8,11-12,16-18,23,28-30,36-37,42-44,46-47,49-54,56-58,60-76H2,1-4H3,(H,89,90)(H,91,92)/b13-9-,14-10-,19-15-,24-20-,25-21-,26-22-,31-27-,34-32-,35-33-,40-38-,41-39-,48-45-,59-55-. The van der Waals surface area contributed by atoms with Gasteiger partial charge in [-0.05, 0) is 148 Å². The second-order valence-corrected chi connectivity index (χ2v) is 28.1. The Morgan fingerprint density at radius 1 is 0.284 bits per heavy atom. The molecule has 5 unspecified atom stereocenters. The number of phosphoric ester groups is 2. The molecule has 0 aromatic heterocycles. The van der Waals surface area contributed by atoms with E-state index in [-0.39, 0.29) is 25.7 Å². The van der Waals surface area contributed by atoms with Crippen molar-refractivity contribution in [3.8, 4) is 0 Å². The van der Waals surface area contributed by atoms with Crippen LogP contribution in [0.1, 0.15) is 285 Å². The summed E-state index contributed by atoms with van der Waals surface area (Å²) in [5.41, 5.74) is 0. The van der Waals surface area contributed by atoms with Crippen LogP contribution in [0, 0.1) is 0 Å². The molecule has 0 saturated heterocycles. The van der Waals surface area contributed by atoms with Crippen LogP contribution in [0.5, 0.6) is 0 Å². The second-order valence-electron chi connectivity index (χ2n) is 25.2. The van der Waals surface area contributed by atoms with Crippen molar-refractivity contribution in [2.24, 2.45) is 0 Å². The first-order chi connectivity index (χ1) is 49.7. The number of allylic oxidation sites excluding steroid dienone is 26. The first-order valence-corrected chi connectivity index (χ1v) is 41.7. The first-order valence-electron chi connectivity index (χ1n) is 38.7. The molecule has 0 aliphatic heterocycles. The number of hydrogen-bond acceptors (Lipinski definition) is 15. The summed E-state index contributed by atoms with van der Waals surface area (Å²) in [7, 11) is -9.99. The molecule has 0 aliphatic carbocycles. The molecule has 0 bridgehead atoms. The van der Waals surface area contributed by atoms with Crippen LogP contribution in [0.15, 0.2) is 158 Å². The van der Waals surface area contributed by atoms with Crippen molar-refractivity contribution >= 4 is 39.5 Å². The highest BCUT2D eigenvalue weighted by Gasteiger charge is 2.30. The third-order valence-electron chi connectivity index (χ3n) is 15.5. The number of carbonyl (C=O) groups excluding carboxylic acids is 4. The third kappa shape index (κ3) is 73.0. The fourth-order valence-corrected chi connectivity index (χ4v) is 11.2. The predicted octanol–water partition coefficient (Wildman–Crippen LogP) is 22.4. The normalized spacial score (nSPS) is 14.8.